The van der Waals surface area contributed by atoms with E-state index in [4.69, 9.17) is 4.74 Å². The minimum atomic E-state index is 0.222. The van der Waals surface area contributed by atoms with E-state index in [0.717, 1.165) is 30.1 Å². The van der Waals surface area contributed by atoms with Crippen molar-refractivity contribution in [3.63, 3.8) is 0 Å². The fraction of sp³-hybridized carbons (Fsp3) is 0.588. The number of ketones is 1. The zero-order valence-corrected chi connectivity index (χ0v) is 12.0. The van der Waals surface area contributed by atoms with Crippen molar-refractivity contribution in [3.05, 3.63) is 29.8 Å². The van der Waals surface area contributed by atoms with E-state index >= 15 is 0 Å². The van der Waals surface area contributed by atoms with Gasteiger partial charge in [0.15, 0.2) is 5.78 Å². The average molecular weight is 260 g/mol. The Kier molecular flexibility index (Phi) is 5.00. The maximum atomic E-state index is 12.5. The van der Waals surface area contributed by atoms with E-state index in [1.807, 2.05) is 24.3 Å². The van der Waals surface area contributed by atoms with E-state index < -0.39 is 0 Å². The second-order valence-electron chi connectivity index (χ2n) is 5.60. The van der Waals surface area contributed by atoms with Crippen LogP contribution in [0.4, 0.5) is 0 Å². The minimum Gasteiger partial charge on any atom is -0.497 e. The molecule has 1 aromatic carbocycles. The van der Waals surface area contributed by atoms with E-state index in [1.165, 1.54) is 25.7 Å². The van der Waals surface area contributed by atoms with Crippen LogP contribution in [-0.4, -0.2) is 12.9 Å². The molecule has 1 aliphatic rings. The van der Waals surface area contributed by atoms with E-state index in [-0.39, 0.29) is 5.92 Å². The molecular weight excluding hydrogens is 236 g/mol. The molecule has 0 unspecified atom stereocenters. The van der Waals surface area contributed by atoms with Crippen LogP contribution < -0.4 is 4.74 Å². The van der Waals surface area contributed by atoms with Gasteiger partial charge in [-0.05, 0) is 43.7 Å². The number of methoxy groups -OCH3 is 1. The van der Waals surface area contributed by atoms with Crippen LogP contribution in [0.5, 0.6) is 5.75 Å². The fourth-order valence-electron chi connectivity index (χ4n) is 3.13. The molecule has 2 nitrogen and oxygen atoms in total. The second-order valence-corrected chi connectivity index (χ2v) is 5.60. The quantitative estimate of drug-likeness (QED) is 0.729. The fourth-order valence-corrected chi connectivity index (χ4v) is 3.13. The summed E-state index contributed by atoms with van der Waals surface area (Å²) in [7, 11) is 1.64. The van der Waals surface area contributed by atoms with E-state index in [9.17, 15) is 4.79 Å². The molecule has 1 fully saturated rings. The first-order valence-electron chi connectivity index (χ1n) is 7.42. The van der Waals surface area contributed by atoms with Gasteiger partial charge in [-0.2, -0.15) is 0 Å². The number of carbonyl (C=O) groups is 1. The van der Waals surface area contributed by atoms with Crippen molar-refractivity contribution in [2.24, 2.45) is 11.8 Å². The van der Waals surface area contributed by atoms with Gasteiger partial charge < -0.3 is 4.74 Å². The van der Waals surface area contributed by atoms with Crippen molar-refractivity contribution < 1.29 is 9.53 Å². The monoisotopic (exact) mass is 260 g/mol. The number of rotatable bonds is 5. The van der Waals surface area contributed by atoms with Crippen molar-refractivity contribution in [1.29, 1.82) is 0 Å². The molecule has 0 spiro atoms. The first-order chi connectivity index (χ1) is 9.24. The molecule has 1 saturated carbocycles. The number of hydrogen-bond acceptors (Lipinski definition) is 2. The minimum absolute atomic E-state index is 0.222. The topological polar surface area (TPSA) is 26.3 Å². The molecule has 0 saturated heterocycles. The first kappa shape index (κ1) is 14.1. The number of carbonyl (C=O) groups excluding carboxylic acids is 1. The number of ether oxygens (including phenoxy) is 1. The summed E-state index contributed by atoms with van der Waals surface area (Å²) in [5, 5.41) is 0. The molecule has 0 amide bonds. The summed E-state index contributed by atoms with van der Waals surface area (Å²) in [4.78, 5) is 12.5. The lowest BCUT2D eigenvalue weighted by atomic mass is 9.77. The summed E-state index contributed by atoms with van der Waals surface area (Å²) in [6.45, 7) is 2.24. The molecule has 0 atom stereocenters. The Morgan fingerprint density at radius 1 is 1.26 bits per heavy atom. The molecule has 0 aromatic heterocycles. The lowest BCUT2D eigenvalue weighted by Crippen LogP contribution is -2.22. The Morgan fingerprint density at radius 2 is 2.00 bits per heavy atom. The molecule has 19 heavy (non-hydrogen) atoms. The van der Waals surface area contributed by atoms with Gasteiger partial charge >= 0.3 is 0 Å². The summed E-state index contributed by atoms with van der Waals surface area (Å²) in [6, 6.07) is 7.55. The van der Waals surface area contributed by atoms with Crippen LogP contribution in [0.3, 0.4) is 0 Å². The zero-order valence-electron chi connectivity index (χ0n) is 12.0. The third-order valence-electron chi connectivity index (χ3n) is 4.27. The maximum Gasteiger partial charge on any atom is 0.166 e. The number of benzene rings is 1. The lowest BCUT2D eigenvalue weighted by Gasteiger charge is -2.27. The number of Topliss-reactive ketones (excluding diaryl/α,β-unsaturated/α-hetero) is 1. The Hall–Kier alpha value is -1.31. The molecule has 0 radical (unpaired) electrons. The third kappa shape index (κ3) is 3.59. The van der Waals surface area contributed by atoms with Crippen molar-refractivity contribution in [1.82, 2.24) is 0 Å². The average Bonchev–Trinajstić information content (AvgIpc) is 2.48. The standard InChI is InChI=1S/C17H24O2/c1-3-5-13-8-10-14(11-9-13)17(18)15-6-4-7-16(12-15)19-2/h4,6-7,12-14H,3,5,8-11H2,1-2H3. The zero-order chi connectivity index (χ0) is 13.7. The Labute approximate surface area is 116 Å². The van der Waals surface area contributed by atoms with Crippen molar-refractivity contribution in [3.8, 4) is 5.75 Å². The second kappa shape index (κ2) is 6.74. The first-order valence-corrected chi connectivity index (χ1v) is 7.42. The number of hydrogen-bond donors (Lipinski definition) is 0. The van der Waals surface area contributed by atoms with Crippen LogP contribution in [0.25, 0.3) is 0 Å². The van der Waals surface area contributed by atoms with Gasteiger partial charge in [0.1, 0.15) is 5.75 Å². The van der Waals surface area contributed by atoms with Crippen LogP contribution in [0.1, 0.15) is 55.8 Å². The maximum absolute atomic E-state index is 12.5. The summed E-state index contributed by atoms with van der Waals surface area (Å²) >= 11 is 0. The van der Waals surface area contributed by atoms with E-state index in [1.54, 1.807) is 7.11 Å². The Morgan fingerprint density at radius 3 is 2.63 bits per heavy atom. The predicted octanol–water partition coefficient (Wildman–Crippen LogP) is 4.48. The summed E-state index contributed by atoms with van der Waals surface area (Å²) in [5.41, 5.74) is 0.804. The van der Waals surface area contributed by atoms with Gasteiger partial charge in [-0.25, -0.2) is 0 Å². The van der Waals surface area contributed by atoms with Gasteiger partial charge in [0.05, 0.1) is 7.11 Å². The molecule has 0 bridgehead atoms. The van der Waals surface area contributed by atoms with E-state index in [0.29, 0.717) is 5.78 Å². The van der Waals surface area contributed by atoms with Crippen molar-refractivity contribution in [2.45, 2.75) is 45.4 Å². The van der Waals surface area contributed by atoms with Crippen LogP contribution in [0, 0.1) is 11.8 Å². The lowest BCUT2D eigenvalue weighted by molar-refractivity contribution is 0.0869. The molecule has 0 heterocycles. The molecule has 1 aromatic rings. The van der Waals surface area contributed by atoms with Crippen LogP contribution in [0.2, 0.25) is 0 Å². The van der Waals surface area contributed by atoms with Crippen molar-refractivity contribution in [2.75, 3.05) is 7.11 Å². The smallest absolute Gasteiger partial charge is 0.166 e. The normalized spacial score (nSPS) is 23.1. The predicted molar refractivity (Wildman–Crippen MR) is 77.7 cm³/mol. The van der Waals surface area contributed by atoms with Crippen LogP contribution in [0.15, 0.2) is 24.3 Å². The van der Waals surface area contributed by atoms with Gasteiger partial charge in [0.25, 0.3) is 0 Å². The van der Waals surface area contributed by atoms with Gasteiger partial charge in [-0.3, -0.25) is 4.79 Å². The van der Waals surface area contributed by atoms with Crippen molar-refractivity contribution >= 4 is 5.78 Å². The summed E-state index contributed by atoms with van der Waals surface area (Å²) in [6.07, 6.45) is 7.13. The third-order valence-corrected chi connectivity index (χ3v) is 4.27. The molecule has 104 valence electrons. The summed E-state index contributed by atoms with van der Waals surface area (Å²) < 4.78 is 5.19. The van der Waals surface area contributed by atoms with Gasteiger partial charge in [0, 0.05) is 11.5 Å². The Balaban J connectivity index is 1.97. The largest absolute Gasteiger partial charge is 0.497 e. The molecule has 0 N–H and O–H groups in total. The highest BCUT2D eigenvalue weighted by Crippen LogP contribution is 2.33. The highest BCUT2D eigenvalue weighted by molar-refractivity contribution is 5.98. The van der Waals surface area contributed by atoms with Crippen LogP contribution >= 0.6 is 0 Å². The SMILES string of the molecule is CCCC1CCC(C(=O)c2cccc(OC)c2)CC1. The molecule has 2 heteroatoms. The highest BCUT2D eigenvalue weighted by Gasteiger charge is 2.26. The Bertz CT molecular complexity index is 417. The van der Waals surface area contributed by atoms with Gasteiger partial charge in [0.2, 0.25) is 0 Å². The molecule has 0 aliphatic heterocycles. The van der Waals surface area contributed by atoms with Gasteiger partial charge in [-0.15, -0.1) is 0 Å². The molecular formula is C17H24O2. The van der Waals surface area contributed by atoms with Crippen LogP contribution in [-0.2, 0) is 0 Å². The summed E-state index contributed by atoms with van der Waals surface area (Å²) in [5.74, 6) is 2.14. The van der Waals surface area contributed by atoms with E-state index in [2.05, 4.69) is 6.92 Å². The molecule has 1 aliphatic carbocycles. The molecule has 2 rings (SSSR count). The van der Waals surface area contributed by atoms with Gasteiger partial charge in [-0.1, -0.05) is 31.9 Å². The highest BCUT2D eigenvalue weighted by atomic mass is 16.5.